The number of carbonyl (C=O) groups is 1. The third-order valence-electron chi connectivity index (χ3n) is 2.24. The fourth-order valence-corrected chi connectivity index (χ4v) is 1.18. The summed E-state index contributed by atoms with van der Waals surface area (Å²) in [4.78, 5) is 11.8. The molecule has 1 rings (SSSR count). The van der Waals surface area contributed by atoms with Crippen LogP contribution in [0, 0.1) is 6.92 Å². The predicted octanol–water partition coefficient (Wildman–Crippen LogP) is 2.58. The first-order valence-electron chi connectivity index (χ1n) is 5.33. The minimum atomic E-state index is -0.300. The SMILES string of the molecule is Cc1ccc(C(=O)COC(C)(C)C)cc1N. The largest absolute Gasteiger partial charge is 0.398 e. The third kappa shape index (κ3) is 3.66. The van der Waals surface area contributed by atoms with E-state index in [0.717, 1.165) is 5.56 Å². The number of nitrogen functional groups attached to an aromatic ring is 1. The first-order chi connectivity index (χ1) is 7.29. The van der Waals surface area contributed by atoms with Gasteiger partial charge in [-0.2, -0.15) is 0 Å². The smallest absolute Gasteiger partial charge is 0.188 e. The monoisotopic (exact) mass is 221 g/mol. The summed E-state index contributed by atoms with van der Waals surface area (Å²) in [5.41, 5.74) is 7.67. The van der Waals surface area contributed by atoms with Gasteiger partial charge in [0.2, 0.25) is 0 Å². The maximum atomic E-state index is 11.8. The topological polar surface area (TPSA) is 52.3 Å². The molecular weight excluding hydrogens is 202 g/mol. The van der Waals surface area contributed by atoms with Crippen LogP contribution in [-0.4, -0.2) is 18.0 Å². The molecule has 0 unspecified atom stereocenters. The van der Waals surface area contributed by atoms with Gasteiger partial charge in [0.25, 0.3) is 0 Å². The minimum absolute atomic E-state index is 0.0402. The van der Waals surface area contributed by atoms with Crippen molar-refractivity contribution in [1.29, 1.82) is 0 Å². The summed E-state index contributed by atoms with van der Waals surface area (Å²) in [7, 11) is 0. The Morgan fingerprint density at radius 2 is 2.00 bits per heavy atom. The van der Waals surface area contributed by atoms with Crippen LogP contribution in [0.2, 0.25) is 0 Å². The summed E-state index contributed by atoms with van der Waals surface area (Å²) in [6, 6.07) is 5.32. The number of hydrogen-bond acceptors (Lipinski definition) is 3. The van der Waals surface area contributed by atoms with Gasteiger partial charge in [-0.15, -0.1) is 0 Å². The van der Waals surface area contributed by atoms with Crippen molar-refractivity contribution in [2.75, 3.05) is 12.3 Å². The number of anilines is 1. The zero-order valence-corrected chi connectivity index (χ0v) is 10.3. The normalized spacial score (nSPS) is 11.5. The molecule has 1 aromatic carbocycles. The Labute approximate surface area is 96.6 Å². The molecule has 0 atom stereocenters. The Morgan fingerprint density at radius 3 is 2.50 bits per heavy atom. The average molecular weight is 221 g/mol. The first-order valence-corrected chi connectivity index (χ1v) is 5.33. The Bertz CT molecular complexity index is 391. The summed E-state index contributed by atoms with van der Waals surface area (Å²) in [6.07, 6.45) is 0. The van der Waals surface area contributed by atoms with Crippen LogP contribution in [0.5, 0.6) is 0 Å². The lowest BCUT2D eigenvalue weighted by Crippen LogP contribution is -2.23. The van der Waals surface area contributed by atoms with E-state index in [1.54, 1.807) is 12.1 Å². The quantitative estimate of drug-likeness (QED) is 0.630. The maximum absolute atomic E-state index is 11.8. The molecule has 0 saturated carbocycles. The van der Waals surface area contributed by atoms with Crippen LogP contribution in [0.3, 0.4) is 0 Å². The van der Waals surface area contributed by atoms with Crippen LogP contribution in [0.15, 0.2) is 18.2 Å². The number of hydrogen-bond donors (Lipinski definition) is 1. The molecule has 0 aliphatic carbocycles. The van der Waals surface area contributed by atoms with Gasteiger partial charge >= 0.3 is 0 Å². The number of nitrogens with two attached hydrogens (primary N) is 1. The van der Waals surface area contributed by atoms with Gasteiger partial charge in [0, 0.05) is 11.3 Å². The number of ether oxygens (including phenoxy) is 1. The maximum Gasteiger partial charge on any atom is 0.188 e. The summed E-state index contributed by atoms with van der Waals surface area (Å²) in [5, 5.41) is 0. The average Bonchev–Trinajstić information content (AvgIpc) is 2.17. The second-order valence-electron chi connectivity index (χ2n) is 4.90. The zero-order chi connectivity index (χ0) is 12.3. The van der Waals surface area contributed by atoms with Crippen LogP contribution in [0.4, 0.5) is 5.69 Å². The third-order valence-corrected chi connectivity index (χ3v) is 2.24. The molecule has 3 heteroatoms. The van der Waals surface area contributed by atoms with E-state index in [1.807, 2.05) is 33.8 Å². The van der Waals surface area contributed by atoms with Crippen molar-refractivity contribution < 1.29 is 9.53 Å². The number of rotatable bonds is 3. The molecule has 1 aromatic rings. The molecule has 0 aliphatic rings. The number of benzene rings is 1. The van der Waals surface area contributed by atoms with Crippen molar-refractivity contribution in [2.24, 2.45) is 0 Å². The molecular formula is C13H19NO2. The molecule has 0 spiro atoms. The molecule has 0 aliphatic heterocycles. The van der Waals surface area contributed by atoms with E-state index >= 15 is 0 Å². The second-order valence-corrected chi connectivity index (χ2v) is 4.90. The second kappa shape index (κ2) is 4.66. The fourth-order valence-electron chi connectivity index (χ4n) is 1.18. The minimum Gasteiger partial charge on any atom is -0.398 e. The van der Waals surface area contributed by atoms with E-state index in [1.165, 1.54) is 0 Å². The van der Waals surface area contributed by atoms with Crippen LogP contribution in [-0.2, 0) is 4.74 Å². The summed E-state index contributed by atoms with van der Waals surface area (Å²) < 4.78 is 5.43. The molecule has 0 aromatic heterocycles. The highest BCUT2D eigenvalue weighted by atomic mass is 16.5. The highest BCUT2D eigenvalue weighted by Gasteiger charge is 2.14. The lowest BCUT2D eigenvalue weighted by molar-refractivity contribution is 0.00307. The van der Waals surface area contributed by atoms with Gasteiger partial charge in [-0.1, -0.05) is 12.1 Å². The Hall–Kier alpha value is -1.35. The molecule has 16 heavy (non-hydrogen) atoms. The molecule has 0 bridgehead atoms. The molecule has 0 fully saturated rings. The van der Waals surface area contributed by atoms with Gasteiger partial charge in [0.05, 0.1) is 5.60 Å². The summed E-state index contributed by atoms with van der Waals surface area (Å²) >= 11 is 0. The van der Waals surface area contributed by atoms with Crippen molar-refractivity contribution >= 4 is 11.5 Å². The predicted molar refractivity (Wildman–Crippen MR) is 65.6 cm³/mol. The number of Topliss-reactive ketones (excluding diaryl/α,β-unsaturated/α-hetero) is 1. The van der Waals surface area contributed by atoms with E-state index in [0.29, 0.717) is 11.3 Å². The molecule has 2 N–H and O–H groups in total. The van der Waals surface area contributed by atoms with Gasteiger partial charge in [-0.25, -0.2) is 0 Å². The number of ketones is 1. The molecule has 3 nitrogen and oxygen atoms in total. The molecule has 0 saturated heterocycles. The van der Waals surface area contributed by atoms with Crippen molar-refractivity contribution in [3.8, 4) is 0 Å². The molecule has 0 radical (unpaired) electrons. The first kappa shape index (κ1) is 12.7. The summed E-state index contributed by atoms with van der Waals surface area (Å²) in [5.74, 6) is -0.0402. The Kier molecular flexibility index (Phi) is 3.70. The van der Waals surface area contributed by atoms with Crippen molar-refractivity contribution in [3.05, 3.63) is 29.3 Å². The molecule has 0 amide bonds. The van der Waals surface area contributed by atoms with E-state index in [9.17, 15) is 4.79 Å². The van der Waals surface area contributed by atoms with E-state index < -0.39 is 0 Å². The number of aryl methyl sites for hydroxylation is 1. The van der Waals surface area contributed by atoms with Gasteiger partial charge in [-0.3, -0.25) is 4.79 Å². The van der Waals surface area contributed by atoms with Crippen LogP contribution >= 0.6 is 0 Å². The highest BCUT2D eigenvalue weighted by molar-refractivity contribution is 5.98. The van der Waals surface area contributed by atoms with E-state index in [2.05, 4.69) is 0 Å². The van der Waals surface area contributed by atoms with Crippen molar-refractivity contribution in [3.63, 3.8) is 0 Å². The highest BCUT2D eigenvalue weighted by Crippen LogP contribution is 2.14. The van der Waals surface area contributed by atoms with Gasteiger partial charge < -0.3 is 10.5 Å². The molecule has 0 heterocycles. The van der Waals surface area contributed by atoms with Crippen molar-refractivity contribution in [1.82, 2.24) is 0 Å². The van der Waals surface area contributed by atoms with Gasteiger partial charge in [0.15, 0.2) is 5.78 Å². The van der Waals surface area contributed by atoms with Crippen LogP contribution in [0.25, 0.3) is 0 Å². The fraction of sp³-hybridized carbons (Fsp3) is 0.462. The Balaban J connectivity index is 2.70. The van der Waals surface area contributed by atoms with Crippen LogP contribution in [0.1, 0.15) is 36.7 Å². The zero-order valence-electron chi connectivity index (χ0n) is 10.3. The lowest BCUT2D eigenvalue weighted by atomic mass is 10.1. The lowest BCUT2D eigenvalue weighted by Gasteiger charge is -2.18. The Morgan fingerprint density at radius 1 is 1.38 bits per heavy atom. The van der Waals surface area contributed by atoms with E-state index in [-0.39, 0.29) is 18.0 Å². The van der Waals surface area contributed by atoms with E-state index in [4.69, 9.17) is 10.5 Å². The van der Waals surface area contributed by atoms with Gasteiger partial charge in [0.1, 0.15) is 6.61 Å². The van der Waals surface area contributed by atoms with Crippen LogP contribution < -0.4 is 5.73 Å². The summed E-state index contributed by atoms with van der Waals surface area (Å²) in [6.45, 7) is 7.76. The molecule has 88 valence electrons. The van der Waals surface area contributed by atoms with Gasteiger partial charge in [-0.05, 0) is 39.3 Å². The van der Waals surface area contributed by atoms with Crippen molar-refractivity contribution in [2.45, 2.75) is 33.3 Å². The standard InChI is InChI=1S/C13H19NO2/c1-9-5-6-10(7-11(9)14)12(15)8-16-13(2,3)4/h5-7H,8,14H2,1-4H3. The number of carbonyl (C=O) groups excluding carboxylic acids is 1.